The summed E-state index contributed by atoms with van der Waals surface area (Å²) in [6.45, 7) is 0.519. The summed E-state index contributed by atoms with van der Waals surface area (Å²) in [5.74, 6) is -2.00. The Morgan fingerprint density at radius 2 is 1.84 bits per heavy atom. The Morgan fingerprint density at radius 1 is 1.08 bits per heavy atom. The number of carbonyl (C=O) groups is 3. The van der Waals surface area contributed by atoms with Gasteiger partial charge in [-0.3, -0.25) is 4.79 Å². The van der Waals surface area contributed by atoms with Crippen molar-refractivity contribution in [3.05, 3.63) is 66.1 Å². The lowest BCUT2D eigenvalue weighted by atomic mass is 10.2. The van der Waals surface area contributed by atoms with E-state index in [4.69, 9.17) is 4.74 Å². The minimum Gasteiger partial charge on any atom is -0.420 e. The number of hydrogen-bond acceptors (Lipinski definition) is 4. The molecule has 0 aliphatic heterocycles. The van der Waals surface area contributed by atoms with E-state index in [9.17, 15) is 18.8 Å². The maximum atomic E-state index is 13.0. The van der Waals surface area contributed by atoms with Gasteiger partial charge in [-0.1, -0.05) is 18.2 Å². The molecule has 0 amide bonds. The molecule has 126 valence electrons. The number of carbonyl (C=O) groups excluding carboxylic acids is 3. The number of nitrogens with zero attached hydrogens (tertiary/aromatic N) is 1. The average molecular weight is 339 g/mol. The Labute approximate surface area is 142 Å². The van der Waals surface area contributed by atoms with Gasteiger partial charge in [0.05, 0.1) is 11.9 Å². The molecule has 0 radical (unpaired) electrons. The largest absolute Gasteiger partial charge is 0.420 e. The van der Waals surface area contributed by atoms with Crippen LogP contribution in [0.25, 0.3) is 10.9 Å². The predicted molar refractivity (Wildman–Crippen MR) is 88.8 cm³/mol. The highest BCUT2D eigenvalue weighted by molar-refractivity contribution is 6.36. The van der Waals surface area contributed by atoms with Crippen LogP contribution in [0.4, 0.5) is 4.39 Å². The highest BCUT2D eigenvalue weighted by Gasteiger charge is 2.17. The second-order valence-electron chi connectivity index (χ2n) is 5.44. The van der Waals surface area contributed by atoms with Crippen molar-refractivity contribution in [1.29, 1.82) is 0 Å². The Kier molecular flexibility index (Phi) is 4.70. The molecule has 0 fully saturated rings. The smallest absolute Gasteiger partial charge is 0.380 e. The maximum Gasteiger partial charge on any atom is 0.380 e. The number of ether oxygens (including phenoxy) is 1. The molecule has 0 saturated heterocycles. The van der Waals surface area contributed by atoms with Gasteiger partial charge in [0.25, 0.3) is 0 Å². The van der Waals surface area contributed by atoms with E-state index < -0.39 is 18.2 Å². The first-order chi connectivity index (χ1) is 12.1. The molecule has 0 bridgehead atoms. The molecule has 0 saturated carbocycles. The Balaban J connectivity index is 1.87. The molecule has 2 aromatic carbocycles. The average Bonchev–Trinajstić information content (AvgIpc) is 3.01. The molecule has 3 rings (SSSR count). The van der Waals surface area contributed by atoms with Gasteiger partial charge in [0.1, 0.15) is 17.9 Å². The summed E-state index contributed by atoms with van der Waals surface area (Å²) in [4.78, 5) is 33.4. The van der Waals surface area contributed by atoms with Crippen molar-refractivity contribution < 1.29 is 23.5 Å². The van der Waals surface area contributed by atoms with Crippen molar-refractivity contribution in [3.8, 4) is 5.75 Å². The minimum absolute atomic E-state index is 0.250. The van der Waals surface area contributed by atoms with Crippen LogP contribution < -0.4 is 4.74 Å². The Hall–Kier alpha value is -3.28. The summed E-state index contributed by atoms with van der Waals surface area (Å²) in [6, 6.07) is 13.1. The number of hydrogen-bond donors (Lipinski definition) is 0. The topological polar surface area (TPSA) is 65.4 Å². The molecule has 0 spiro atoms. The fraction of sp³-hybridized carbons (Fsp3) is 0.105. The van der Waals surface area contributed by atoms with Crippen LogP contribution in [-0.4, -0.2) is 22.6 Å². The molecule has 25 heavy (non-hydrogen) atoms. The van der Waals surface area contributed by atoms with Gasteiger partial charge in [-0.05, 0) is 35.9 Å². The zero-order chi connectivity index (χ0) is 17.8. The summed E-state index contributed by atoms with van der Waals surface area (Å²) >= 11 is 0. The summed E-state index contributed by atoms with van der Waals surface area (Å²) < 4.78 is 20.0. The Morgan fingerprint density at radius 3 is 2.56 bits per heavy atom. The predicted octanol–water partition coefficient (Wildman–Crippen LogP) is 2.89. The molecule has 1 heterocycles. The Bertz CT molecular complexity index is 944. The third-order valence-corrected chi connectivity index (χ3v) is 3.74. The molecule has 5 nitrogen and oxygen atoms in total. The fourth-order valence-electron chi connectivity index (χ4n) is 2.52. The van der Waals surface area contributed by atoms with Crippen LogP contribution in [0.1, 0.15) is 12.0 Å². The second-order valence-corrected chi connectivity index (χ2v) is 5.44. The van der Waals surface area contributed by atoms with Crippen LogP contribution in [0.15, 0.2) is 54.7 Å². The van der Waals surface area contributed by atoms with E-state index in [1.165, 1.54) is 12.1 Å². The van der Waals surface area contributed by atoms with E-state index in [1.54, 1.807) is 30.3 Å². The minimum atomic E-state index is -1.06. The lowest BCUT2D eigenvalue weighted by molar-refractivity contribution is -0.147. The zero-order valence-electron chi connectivity index (χ0n) is 13.1. The van der Waals surface area contributed by atoms with Crippen molar-refractivity contribution in [2.24, 2.45) is 0 Å². The first-order valence-electron chi connectivity index (χ1n) is 7.59. The number of aromatic nitrogens is 1. The molecule has 0 aliphatic rings. The summed E-state index contributed by atoms with van der Waals surface area (Å²) in [6.07, 6.45) is 1.68. The van der Waals surface area contributed by atoms with Crippen LogP contribution in [0.2, 0.25) is 0 Å². The van der Waals surface area contributed by atoms with E-state index in [-0.39, 0.29) is 11.6 Å². The van der Waals surface area contributed by atoms with Crippen molar-refractivity contribution in [2.75, 3.05) is 0 Å². The fourth-order valence-corrected chi connectivity index (χ4v) is 2.52. The van der Waals surface area contributed by atoms with E-state index in [1.807, 2.05) is 16.8 Å². The number of esters is 1. The van der Waals surface area contributed by atoms with Crippen molar-refractivity contribution >= 4 is 28.9 Å². The SMILES string of the molecule is O=CCC(=O)C(=O)Oc1cccc2c1ccn2Cc1ccc(F)cc1. The van der Waals surface area contributed by atoms with Crippen molar-refractivity contribution in [3.63, 3.8) is 0 Å². The standard InChI is InChI=1S/C19H14FNO4/c20-14-6-4-13(5-7-14)12-21-10-8-15-16(21)2-1-3-18(15)25-19(24)17(23)9-11-22/h1-8,10-11H,9,12H2. The number of halogens is 1. The molecule has 0 N–H and O–H groups in total. The van der Waals surface area contributed by atoms with E-state index in [0.717, 1.165) is 11.1 Å². The molecule has 3 aromatic rings. The summed E-state index contributed by atoms with van der Waals surface area (Å²) in [5.41, 5.74) is 1.72. The van der Waals surface area contributed by atoms with Gasteiger partial charge in [-0.25, -0.2) is 9.18 Å². The molecule has 0 atom stereocenters. The van der Waals surface area contributed by atoms with Crippen molar-refractivity contribution in [1.82, 2.24) is 4.57 Å². The number of Topliss-reactive ketones (excluding diaryl/α,β-unsaturated/α-hetero) is 1. The molecule has 0 aliphatic carbocycles. The number of benzene rings is 2. The maximum absolute atomic E-state index is 13.0. The number of fused-ring (bicyclic) bond motifs is 1. The van der Waals surface area contributed by atoms with E-state index in [2.05, 4.69) is 0 Å². The molecule has 6 heteroatoms. The van der Waals surface area contributed by atoms with Gasteiger partial charge < -0.3 is 14.1 Å². The highest BCUT2D eigenvalue weighted by atomic mass is 19.1. The number of ketones is 1. The molecular formula is C19H14FNO4. The van der Waals surface area contributed by atoms with E-state index in [0.29, 0.717) is 18.2 Å². The normalized spacial score (nSPS) is 10.6. The first kappa shape index (κ1) is 16.6. The lowest BCUT2D eigenvalue weighted by Gasteiger charge is -2.08. The third kappa shape index (κ3) is 3.63. The van der Waals surface area contributed by atoms with Crippen LogP contribution in [0.5, 0.6) is 5.75 Å². The van der Waals surface area contributed by atoms with E-state index >= 15 is 0 Å². The third-order valence-electron chi connectivity index (χ3n) is 3.74. The molecule has 0 unspecified atom stereocenters. The quantitative estimate of drug-likeness (QED) is 0.228. The van der Waals surface area contributed by atoms with Crippen LogP contribution >= 0.6 is 0 Å². The van der Waals surface area contributed by atoms with Gasteiger partial charge in [-0.15, -0.1) is 0 Å². The lowest BCUT2D eigenvalue weighted by Crippen LogP contribution is -2.20. The van der Waals surface area contributed by atoms with Crippen molar-refractivity contribution in [2.45, 2.75) is 13.0 Å². The van der Waals surface area contributed by atoms with Gasteiger partial charge in [0, 0.05) is 18.1 Å². The van der Waals surface area contributed by atoms with Crippen LogP contribution in [0.3, 0.4) is 0 Å². The zero-order valence-corrected chi connectivity index (χ0v) is 13.1. The van der Waals surface area contributed by atoms with Crippen LogP contribution in [-0.2, 0) is 20.9 Å². The monoisotopic (exact) mass is 339 g/mol. The summed E-state index contributed by atoms with van der Waals surface area (Å²) in [7, 11) is 0. The number of aldehydes is 1. The number of rotatable bonds is 6. The highest BCUT2D eigenvalue weighted by Crippen LogP contribution is 2.27. The summed E-state index contributed by atoms with van der Waals surface area (Å²) in [5, 5.41) is 0.664. The van der Waals surface area contributed by atoms with Gasteiger partial charge in [-0.2, -0.15) is 0 Å². The second kappa shape index (κ2) is 7.09. The van der Waals surface area contributed by atoms with Gasteiger partial charge in [0.2, 0.25) is 5.78 Å². The van der Waals surface area contributed by atoms with Crippen LogP contribution in [0, 0.1) is 5.82 Å². The molecule has 1 aromatic heterocycles. The first-order valence-corrected chi connectivity index (χ1v) is 7.59. The molecular weight excluding hydrogens is 325 g/mol. The van der Waals surface area contributed by atoms with Gasteiger partial charge >= 0.3 is 5.97 Å². The van der Waals surface area contributed by atoms with Gasteiger partial charge in [0.15, 0.2) is 0 Å².